The van der Waals surface area contributed by atoms with E-state index in [0.717, 1.165) is 25.2 Å². The Balaban J connectivity index is 2.21. The Labute approximate surface area is 70.8 Å². The highest BCUT2D eigenvalue weighted by atomic mass is 19.1. The molecule has 0 amide bonds. The van der Waals surface area contributed by atoms with Crippen LogP contribution in [0.15, 0.2) is 18.2 Å². The van der Waals surface area contributed by atoms with Gasteiger partial charge in [-0.3, -0.25) is 0 Å². The van der Waals surface area contributed by atoms with Crippen LogP contribution in [0.5, 0.6) is 0 Å². The Morgan fingerprint density at radius 1 is 1.50 bits per heavy atom. The van der Waals surface area contributed by atoms with Crippen molar-refractivity contribution in [3.05, 3.63) is 29.8 Å². The SMILES string of the molecule is Fc1cccc([C@@H]2CCNC2)n1. The zero-order chi connectivity index (χ0) is 8.39. The summed E-state index contributed by atoms with van der Waals surface area (Å²) in [6.45, 7) is 1.94. The first-order chi connectivity index (χ1) is 5.86. The molecule has 64 valence electrons. The second-order valence-electron chi connectivity index (χ2n) is 3.07. The van der Waals surface area contributed by atoms with Crippen LogP contribution in [0.25, 0.3) is 0 Å². The molecule has 1 N–H and O–H groups in total. The highest BCUT2D eigenvalue weighted by molar-refractivity contribution is 5.12. The summed E-state index contributed by atoms with van der Waals surface area (Å²) in [6, 6.07) is 4.99. The third-order valence-electron chi connectivity index (χ3n) is 2.22. The van der Waals surface area contributed by atoms with Crippen molar-refractivity contribution in [3.63, 3.8) is 0 Å². The number of nitrogens with one attached hydrogen (secondary N) is 1. The highest BCUT2D eigenvalue weighted by Crippen LogP contribution is 2.19. The number of hydrogen-bond acceptors (Lipinski definition) is 2. The first kappa shape index (κ1) is 7.68. The Hall–Kier alpha value is -0.960. The molecule has 2 rings (SSSR count). The zero-order valence-corrected chi connectivity index (χ0v) is 6.76. The Bertz CT molecular complexity index is 269. The number of rotatable bonds is 1. The second-order valence-corrected chi connectivity index (χ2v) is 3.07. The van der Waals surface area contributed by atoms with Gasteiger partial charge in [0.2, 0.25) is 5.95 Å². The minimum Gasteiger partial charge on any atom is -0.316 e. The molecule has 1 aliphatic heterocycles. The molecule has 1 aromatic rings. The molecule has 0 unspecified atom stereocenters. The summed E-state index contributed by atoms with van der Waals surface area (Å²) in [5.74, 6) is 0.0279. The van der Waals surface area contributed by atoms with E-state index in [4.69, 9.17) is 0 Å². The summed E-state index contributed by atoms with van der Waals surface area (Å²) < 4.78 is 12.7. The van der Waals surface area contributed by atoms with Crippen molar-refractivity contribution in [1.82, 2.24) is 10.3 Å². The van der Waals surface area contributed by atoms with Crippen LogP contribution in [-0.2, 0) is 0 Å². The van der Waals surface area contributed by atoms with Crippen LogP contribution in [0.3, 0.4) is 0 Å². The zero-order valence-electron chi connectivity index (χ0n) is 6.76. The standard InChI is InChI=1S/C9H11FN2/c10-9-3-1-2-8(12-9)7-4-5-11-6-7/h1-3,7,11H,4-6H2/t7-/m1/s1. The average Bonchev–Trinajstić information content (AvgIpc) is 2.56. The summed E-state index contributed by atoms with van der Waals surface area (Å²) in [6.07, 6.45) is 1.07. The van der Waals surface area contributed by atoms with Gasteiger partial charge >= 0.3 is 0 Å². The van der Waals surface area contributed by atoms with Crippen LogP contribution in [-0.4, -0.2) is 18.1 Å². The van der Waals surface area contributed by atoms with Crippen molar-refractivity contribution >= 4 is 0 Å². The van der Waals surface area contributed by atoms with Gasteiger partial charge in [0.05, 0.1) is 0 Å². The van der Waals surface area contributed by atoms with Crippen LogP contribution in [0, 0.1) is 5.95 Å². The lowest BCUT2D eigenvalue weighted by Crippen LogP contribution is -2.09. The molecular weight excluding hydrogens is 155 g/mol. The van der Waals surface area contributed by atoms with Gasteiger partial charge in [-0.1, -0.05) is 6.07 Å². The van der Waals surface area contributed by atoms with E-state index in [1.54, 1.807) is 6.07 Å². The van der Waals surface area contributed by atoms with E-state index >= 15 is 0 Å². The third-order valence-corrected chi connectivity index (χ3v) is 2.22. The summed E-state index contributed by atoms with van der Waals surface area (Å²) in [4.78, 5) is 3.85. The lowest BCUT2D eigenvalue weighted by Gasteiger charge is -2.06. The maximum absolute atomic E-state index is 12.7. The van der Waals surface area contributed by atoms with Crippen LogP contribution >= 0.6 is 0 Å². The normalized spacial score (nSPS) is 22.9. The van der Waals surface area contributed by atoms with Crippen LogP contribution in [0.4, 0.5) is 4.39 Å². The molecule has 0 spiro atoms. The molecule has 0 bridgehead atoms. The number of aromatic nitrogens is 1. The quantitative estimate of drug-likeness (QED) is 0.636. The molecule has 0 aliphatic carbocycles. The Kier molecular flexibility index (Phi) is 2.04. The maximum Gasteiger partial charge on any atom is 0.213 e. The molecule has 1 aliphatic rings. The van der Waals surface area contributed by atoms with Crippen LogP contribution < -0.4 is 5.32 Å². The van der Waals surface area contributed by atoms with Gasteiger partial charge in [-0.15, -0.1) is 0 Å². The highest BCUT2D eigenvalue weighted by Gasteiger charge is 2.17. The van der Waals surface area contributed by atoms with Gasteiger partial charge in [-0.05, 0) is 25.1 Å². The van der Waals surface area contributed by atoms with E-state index in [-0.39, 0.29) is 5.95 Å². The van der Waals surface area contributed by atoms with Crippen molar-refractivity contribution in [2.45, 2.75) is 12.3 Å². The first-order valence-corrected chi connectivity index (χ1v) is 4.19. The Morgan fingerprint density at radius 3 is 3.08 bits per heavy atom. The van der Waals surface area contributed by atoms with E-state index in [1.807, 2.05) is 6.07 Å². The van der Waals surface area contributed by atoms with Crippen LogP contribution in [0.1, 0.15) is 18.0 Å². The minimum absolute atomic E-state index is 0.376. The van der Waals surface area contributed by atoms with E-state index in [2.05, 4.69) is 10.3 Å². The molecular formula is C9H11FN2. The fraction of sp³-hybridized carbons (Fsp3) is 0.444. The molecule has 1 atom stereocenters. The third kappa shape index (κ3) is 1.46. The van der Waals surface area contributed by atoms with Gasteiger partial charge in [0.1, 0.15) is 0 Å². The number of nitrogens with zero attached hydrogens (tertiary/aromatic N) is 1. The van der Waals surface area contributed by atoms with Crippen molar-refractivity contribution in [3.8, 4) is 0 Å². The van der Waals surface area contributed by atoms with Crippen molar-refractivity contribution in [2.75, 3.05) is 13.1 Å². The van der Waals surface area contributed by atoms with Crippen molar-refractivity contribution < 1.29 is 4.39 Å². The molecule has 2 nitrogen and oxygen atoms in total. The number of halogens is 1. The first-order valence-electron chi connectivity index (χ1n) is 4.19. The summed E-state index contributed by atoms with van der Waals surface area (Å²) in [5, 5.41) is 3.23. The van der Waals surface area contributed by atoms with Gasteiger partial charge in [0.15, 0.2) is 0 Å². The second kappa shape index (κ2) is 3.19. The summed E-state index contributed by atoms with van der Waals surface area (Å²) >= 11 is 0. The lowest BCUT2D eigenvalue weighted by atomic mass is 10.0. The van der Waals surface area contributed by atoms with E-state index in [0.29, 0.717) is 5.92 Å². The van der Waals surface area contributed by atoms with Gasteiger partial charge in [-0.25, -0.2) is 4.98 Å². The number of hydrogen-bond donors (Lipinski definition) is 1. The summed E-state index contributed by atoms with van der Waals surface area (Å²) in [7, 11) is 0. The predicted octanol–water partition coefficient (Wildman–Crippen LogP) is 1.30. The number of pyridine rings is 1. The largest absolute Gasteiger partial charge is 0.316 e. The topological polar surface area (TPSA) is 24.9 Å². The van der Waals surface area contributed by atoms with Crippen molar-refractivity contribution in [2.24, 2.45) is 0 Å². The predicted molar refractivity (Wildman–Crippen MR) is 44.4 cm³/mol. The molecule has 2 heterocycles. The Morgan fingerprint density at radius 2 is 2.42 bits per heavy atom. The van der Waals surface area contributed by atoms with Gasteiger partial charge in [-0.2, -0.15) is 4.39 Å². The monoisotopic (exact) mass is 166 g/mol. The fourth-order valence-corrected chi connectivity index (χ4v) is 1.56. The molecule has 0 aromatic carbocycles. The maximum atomic E-state index is 12.7. The molecule has 1 saturated heterocycles. The van der Waals surface area contributed by atoms with Gasteiger partial charge in [0, 0.05) is 18.2 Å². The van der Waals surface area contributed by atoms with Gasteiger partial charge in [0.25, 0.3) is 0 Å². The van der Waals surface area contributed by atoms with E-state index in [9.17, 15) is 4.39 Å². The smallest absolute Gasteiger partial charge is 0.213 e. The van der Waals surface area contributed by atoms with E-state index in [1.165, 1.54) is 6.07 Å². The molecule has 3 heteroatoms. The van der Waals surface area contributed by atoms with Crippen molar-refractivity contribution in [1.29, 1.82) is 0 Å². The molecule has 0 radical (unpaired) electrons. The van der Waals surface area contributed by atoms with Crippen LogP contribution in [0.2, 0.25) is 0 Å². The lowest BCUT2D eigenvalue weighted by molar-refractivity contribution is 0.567. The molecule has 0 saturated carbocycles. The summed E-state index contributed by atoms with van der Waals surface area (Å²) in [5.41, 5.74) is 0.875. The average molecular weight is 166 g/mol. The minimum atomic E-state index is -0.376. The molecule has 1 aromatic heterocycles. The molecule has 12 heavy (non-hydrogen) atoms. The fourth-order valence-electron chi connectivity index (χ4n) is 1.56. The molecule has 1 fully saturated rings. The van der Waals surface area contributed by atoms with E-state index < -0.39 is 0 Å². The van der Waals surface area contributed by atoms with Gasteiger partial charge < -0.3 is 5.32 Å².